The molecule has 0 atom stereocenters. The van der Waals surface area contributed by atoms with Gasteiger partial charge in [-0.2, -0.15) is 5.10 Å². The summed E-state index contributed by atoms with van der Waals surface area (Å²) < 4.78 is 1.13. The Morgan fingerprint density at radius 2 is 2.12 bits per heavy atom. The summed E-state index contributed by atoms with van der Waals surface area (Å²) in [5.41, 5.74) is 1.27. The molecular weight excluding hydrogens is 220 g/mol. The first-order valence-electron chi connectivity index (χ1n) is 4.86. The number of hydrogen-bond acceptors (Lipinski definition) is 3. The van der Waals surface area contributed by atoms with Crippen molar-refractivity contribution in [1.82, 2.24) is 10.2 Å². The normalized spacial score (nSPS) is 10.8. The van der Waals surface area contributed by atoms with Gasteiger partial charge in [0.05, 0.1) is 0 Å². The maximum absolute atomic E-state index is 12.1. The number of nitrogens with zero attached hydrogens (tertiary/aromatic N) is 1. The molecule has 1 aromatic carbocycles. The summed E-state index contributed by atoms with van der Waals surface area (Å²) >= 11 is 1.58. The predicted octanol–water partition coefficient (Wildman–Crippen LogP) is 2.86. The van der Waals surface area contributed by atoms with Crippen LogP contribution in [0.25, 0.3) is 10.1 Å². The molecule has 3 aromatic rings. The van der Waals surface area contributed by atoms with Gasteiger partial charge in [-0.3, -0.25) is 9.89 Å². The first-order valence-corrected chi connectivity index (χ1v) is 5.74. The molecular formula is C12H8N2OS. The molecule has 0 aliphatic rings. The number of rotatable bonds is 2. The molecule has 0 radical (unpaired) electrons. The Hall–Kier alpha value is -1.94. The summed E-state index contributed by atoms with van der Waals surface area (Å²) in [4.78, 5) is 12.1. The van der Waals surface area contributed by atoms with E-state index in [9.17, 15) is 4.79 Å². The Balaban J connectivity index is 2.16. The van der Waals surface area contributed by atoms with Crippen molar-refractivity contribution in [2.45, 2.75) is 0 Å². The van der Waals surface area contributed by atoms with E-state index in [1.54, 1.807) is 23.6 Å². The lowest BCUT2D eigenvalue weighted by Gasteiger charge is -1.95. The Kier molecular flexibility index (Phi) is 2.08. The molecule has 78 valence electrons. The van der Waals surface area contributed by atoms with Gasteiger partial charge in [0.15, 0.2) is 0 Å². The van der Waals surface area contributed by atoms with Crippen LogP contribution in [0.4, 0.5) is 0 Å². The van der Waals surface area contributed by atoms with Crippen LogP contribution in [0.3, 0.4) is 0 Å². The van der Waals surface area contributed by atoms with Crippen LogP contribution in [0, 0.1) is 0 Å². The highest BCUT2D eigenvalue weighted by Gasteiger charge is 2.14. The monoisotopic (exact) mass is 228 g/mol. The number of ketones is 1. The van der Waals surface area contributed by atoms with Crippen molar-refractivity contribution in [3.05, 3.63) is 53.2 Å². The summed E-state index contributed by atoms with van der Waals surface area (Å²) in [5.74, 6) is -0.00468. The Bertz CT molecular complexity index is 640. The highest BCUT2D eigenvalue weighted by Crippen LogP contribution is 2.26. The second-order valence-electron chi connectivity index (χ2n) is 3.44. The fraction of sp³-hybridized carbons (Fsp3) is 0. The van der Waals surface area contributed by atoms with Crippen molar-refractivity contribution < 1.29 is 4.79 Å². The van der Waals surface area contributed by atoms with Gasteiger partial charge in [0.2, 0.25) is 5.78 Å². The largest absolute Gasteiger partial charge is 0.287 e. The second kappa shape index (κ2) is 3.57. The molecule has 0 fully saturated rings. The molecule has 4 heteroatoms. The molecule has 0 amide bonds. The van der Waals surface area contributed by atoms with Gasteiger partial charge in [-0.15, -0.1) is 11.3 Å². The number of fused-ring (bicyclic) bond motifs is 1. The number of thiophene rings is 1. The number of H-pyrrole nitrogens is 1. The second-order valence-corrected chi connectivity index (χ2v) is 4.36. The van der Waals surface area contributed by atoms with Crippen LogP contribution in [-0.2, 0) is 0 Å². The molecule has 0 bridgehead atoms. The molecule has 0 spiro atoms. The van der Waals surface area contributed by atoms with Crippen molar-refractivity contribution in [3.63, 3.8) is 0 Å². The van der Waals surface area contributed by atoms with Gasteiger partial charge in [0, 0.05) is 27.2 Å². The van der Waals surface area contributed by atoms with Gasteiger partial charge in [-0.05, 0) is 12.1 Å². The smallest absolute Gasteiger partial charge is 0.212 e. The molecule has 0 unspecified atom stereocenters. The lowest BCUT2D eigenvalue weighted by atomic mass is 10.1. The molecule has 0 saturated heterocycles. The third-order valence-electron chi connectivity index (χ3n) is 2.47. The van der Waals surface area contributed by atoms with Gasteiger partial charge in [0.25, 0.3) is 0 Å². The van der Waals surface area contributed by atoms with Crippen LogP contribution in [0.15, 0.2) is 41.9 Å². The Morgan fingerprint density at radius 1 is 1.25 bits per heavy atom. The first kappa shape index (κ1) is 9.30. The molecule has 0 aliphatic carbocycles. The van der Waals surface area contributed by atoms with E-state index in [1.807, 2.05) is 29.6 Å². The van der Waals surface area contributed by atoms with E-state index in [0.29, 0.717) is 5.69 Å². The number of aromatic nitrogens is 2. The van der Waals surface area contributed by atoms with E-state index in [-0.39, 0.29) is 5.78 Å². The minimum Gasteiger partial charge on any atom is -0.287 e. The average Bonchev–Trinajstić information content (AvgIpc) is 2.98. The van der Waals surface area contributed by atoms with Crippen molar-refractivity contribution in [2.75, 3.05) is 0 Å². The molecule has 0 aliphatic heterocycles. The Morgan fingerprint density at radius 3 is 2.94 bits per heavy atom. The van der Waals surface area contributed by atoms with Crippen LogP contribution >= 0.6 is 11.3 Å². The SMILES string of the molecule is O=C(c1ccn[nH]1)c1csc2ccccc12. The zero-order valence-electron chi connectivity index (χ0n) is 8.31. The lowest BCUT2D eigenvalue weighted by molar-refractivity contribution is 0.103. The standard InChI is InChI=1S/C12H8N2OS/c15-12(10-5-6-13-14-10)9-7-16-11-4-2-1-3-8(9)11/h1-7H,(H,13,14). The molecule has 0 saturated carbocycles. The molecule has 3 rings (SSSR count). The quantitative estimate of drug-likeness (QED) is 0.685. The van der Waals surface area contributed by atoms with E-state index < -0.39 is 0 Å². The van der Waals surface area contributed by atoms with Crippen LogP contribution < -0.4 is 0 Å². The molecule has 2 aromatic heterocycles. The first-order chi connectivity index (χ1) is 7.86. The third kappa shape index (κ3) is 1.35. The van der Waals surface area contributed by atoms with Crippen LogP contribution in [0.5, 0.6) is 0 Å². The number of aromatic amines is 1. The van der Waals surface area contributed by atoms with E-state index in [1.165, 1.54) is 0 Å². The Labute approximate surface area is 95.7 Å². The zero-order chi connectivity index (χ0) is 11.0. The zero-order valence-corrected chi connectivity index (χ0v) is 9.12. The van der Waals surface area contributed by atoms with Crippen molar-refractivity contribution in [2.24, 2.45) is 0 Å². The predicted molar refractivity (Wildman–Crippen MR) is 63.8 cm³/mol. The van der Waals surface area contributed by atoms with Gasteiger partial charge in [-0.1, -0.05) is 18.2 Å². The average molecular weight is 228 g/mol. The van der Waals surface area contributed by atoms with Crippen LogP contribution in [-0.4, -0.2) is 16.0 Å². The number of carbonyl (C=O) groups excluding carboxylic acids is 1. The summed E-state index contributed by atoms with van der Waals surface area (Å²) in [6, 6.07) is 9.59. The van der Waals surface area contributed by atoms with E-state index in [2.05, 4.69) is 10.2 Å². The number of nitrogens with one attached hydrogen (secondary N) is 1. The topological polar surface area (TPSA) is 45.8 Å². The fourth-order valence-corrected chi connectivity index (χ4v) is 2.62. The molecule has 2 heterocycles. The van der Waals surface area contributed by atoms with Crippen LogP contribution in [0.1, 0.15) is 16.1 Å². The van der Waals surface area contributed by atoms with Crippen molar-refractivity contribution in [1.29, 1.82) is 0 Å². The summed E-state index contributed by atoms with van der Waals surface area (Å²) in [5, 5.41) is 9.39. The summed E-state index contributed by atoms with van der Waals surface area (Å²) in [6.45, 7) is 0. The minimum atomic E-state index is -0.00468. The maximum atomic E-state index is 12.1. The van der Waals surface area contributed by atoms with E-state index >= 15 is 0 Å². The highest BCUT2D eigenvalue weighted by atomic mass is 32.1. The number of benzene rings is 1. The number of carbonyl (C=O) groups is 1. The maximum Gasteiger partial charge on any atom is 0.212 e. The van der Waals surface area contributed by atoms with Gasteiger partial charge >= 0.3 is 0 Å². The number of hydrogen-bond donors (Lipinski definition) is 1. The molecule has 1 N–H and O–H groups in total. The van der Waals surface area contributed by atoms with Gasteiger partial charge < -0.3 is 0 Å². The molecule has 3 nitrogen and oxygen atoms in total. The highest BCUT2D eigenvalue weighted by molar-refractivity contribution is 7.17. The third-order valence-corrected chi connectivity index (χ3v) is 3.43. The fourth-order valence-electron chi connectivity index (χ4n) is 1.68. The summed E-state index contributed by atoms with van der Waals surface area (Å²) in [6.07, 6.45) is 1.59. The van der Waals surface area contributed by atoms with Crippen molar-refractivity contribution >= 4 is 27.2 Å². The lowest BCUT2D eigenvalue weighted by Crippen LogP contribution is -2.00. The van der Waals surface area contributed by atoms with E-state index in [0.717, 1.165) is 15.6 Å². The van der Waals surface area contributed by atoms with E-state index in [4.69, 9.17) is 0 Å². The summed E-state index contributed by atoms with van der Waals surface area (Å²) in [7, 11) is 0. The minimum absolute atomic E-state index is 0.00468. The van der Waals surface area contributed by atoms with Gasteiger partial charge in [0.1, 0.15) is 5.69 Å². The van der Waals surface area contributed by atoms with Crippen molar-refractivity contribution in [3.8, 4) is 0 Å². The molecule has 16 heavy (non-hydrogen) atoms. The van der Waals surface area contributed by atoms with Crippen LogP contribution in [0.2, 0.25) is 0 Å². The van der Waals surface area contributed by atoms with Gasteiger partial charge in [-0.25, -0.2) is 0 Å².